The van der Waals surface area contributed by atoms with Crippen molar-refractivity contribution in [1.29, 1.82) is 0 Å². The van der Waals surface area contributed by atoms with E-state index in [-0.39, 0.29) is 24.4 Å². The number of likely N-dealkylation sites (tertiary alicyclic amines) is 1. The Balaban J connectivity index is 1.47. The number of carbonyl (C=O) groups is 2. The number of thiazole rings is 1. The van der Waals surface area contributed by atoms with E-state index < -0.39 is 6.16 Å². The van der Waals surface area contributed by atoms with Crippen molar-refractivity contribution in [2.45, 2.75) is 25.3 Å². The van der Waals surface area contributed by atoms with E-state index in [1.807, 2.05) is 40.6 Å². The van der Waals surface area contributed by atoms with E-state index in [2.05, 4.69) is 9.72 Å². The highest BCUT2D eigenvalue weighted by Gasteiger charge is 2.30. The molecule has 1 saturated heterocycles. The van der Waals surface area contributed by atoms with Crippen molar-refractivity contribution in [3.8, 4) is 23.0 Å². The summed E-state index contributed by atoms with van der Waals surface area (Å²) in [6.45, 7) is 0.671. The fourth-order valence-electron chi connectivity index (χ4n) is 3.53. The number of nitrogens with zero attached hydrogens (tertiary/aromatic N) is 3. The number of amides is 1. The smallest absolute Gasteiger partial charge is 0.484 e. The number of methoxy groups -OCH3 is 1. The van der Waals surface area contributed by atoms with Crippen LogP contribution in [0.4, 0.5) is 4.79 Å². The number of ether oxygens (including phenoxy) is 3. The van der Waals surface area contributed by atoms with Crippen molar-refractivity contribution in [3.05, 3.63) is 58.9 Å². The van der Waals surface area contributed by atoms with Gasteiger partial charge in [0.2, 0.25) is 5.88 Å². The molecule has 0 aliphatic carbocycles. The number of benzene rings is 1. The molecule has 32 heavy (non-hydrogen) atoms. The normalized spacial score (nSPS) is 15.8. The van der Waals surface area contributed by atoms with Gasteiger partial charge < -0.3 is 19.1 Å². The van der Waals surface area contributed by atoms with Crippen LogP contribution in [0.5, 0.6) is 11.6 Å². The molecule has 3 heterocycles. The quantitative estimate of drug-likeness (QED) is 0.508. The van der Waals surface area contributed by atoms with Crippen LogP contribution in [0.2, 0.25) is 0 Å². The largest absolute Gasteiger partial charge is 0.514 e. The molecule has 0 radical (unpaired) electrons. The maximum atomic E-state index is 12.9. The van der Waals surface area contributed by atoms with Crippen LogP contribution in [0.25, 0.3) is 11.4 Å². The molecule has 166 valence electrons. The van der Waals surface area contributed by atoms with Gasteiger partial charge in [-0.05, 0) is 37.5 Å². The van der Waals surface area contributed by atoms with E-state index in [1.54, 1.807) is 18.2 Å². The van der Waals surface area contributed by atoms with Crippen molar-refractivity contribution in [3.63, 3.8) is 0 Å². The molecule has 4 rings (SSSR count). The second-order valence-electron chi connectivity index (χ2n) is 7.19. The first-order valence-electron chi connectivity index (χ1n) is 10.3. The number of carbonyl (C=O) groups excluding carboxylic acids is 2. The van der Waals surface area contributed by atoms with Crippen LogP contribution in [0, 0.1) is 0 Å². The zero-order valence-corrected chi connectivity index (χ0v) is 18.4. The van der Waals surface area contributed by atoms with Crippen LogP contribution < -0.4 is 9.47 Å². The predicted octanol–water partition coefficient (Wildman–Crippen LogP) is 4.48. The van der Waals surface area contributed by atoms with Crippen LogP contribution in [-0.2, 0) is 9.53 Å². The van der Waals surface area contributed by atoms with Gasteiger partial charge in [0.05, 0.1) is 18.8 Å². The third-order valence-corrected chi connectivity index (χ3v) is 6.02. The van der Waals surface area contributed by atoms with Crippen LogP contribution in [0.3, 0.4) is 0 Å². The third-order valence-electron chi connectivity index (χ3n) is 5.08. The predicted molar refractivity (Wildman–Crippen MR) is 119 cm³/mol. The molecule has 0 N–H and O–H groups in total. The Kier molecular flexibility index (Phi) is 6.96. The number of aromatic nitrogens is 2. The van der Waals surface area contributed by atoms with E-state index in [0.29, 0.717) is 23.7 Å². The standard InChI is InChI=1S/C23H23N3O5S/c1-29-23(28)31-20-12-7-10-17(24-20)18-15-32-22(25-18)19-11-5-6-13-26(19)21(27)14-30-16-8-3-2-4-9-16/h2-4,7-10,12,15,19H,5-6,11,13-14H2,1H3/t19-/m1/s1. The Morgan fingerprint density at radius 3 is 2.72 bits per heavy atom. The van der Waals surface area contributed by atoms with E-state index in [1.165, 1.54) is 18.4 Å². The van der Waals surface area contributed by atoms with Crippen molar-refractivity contribution in [2.75, 3.05) is 20.3 Å². The second-order valence-corrected chi connectivity index (χ2v) is 8.08. The number of rotatable bonds is 6. The summed E-state index contributed by atoms with van der Waals surface area (Å²) >= 11 is 1.49. The van der Waals surface area contributed by atoms with Gasteiger partial charge in [0.1, 0.15) is 16.5 Å². The maximum absolute atomic E-state index is 12.9. The summed E-state index contributed by atoms with van der Waals surface area (Å²) in [7, 11) is 1.24. The van der Waals surface area contributed by atoms with Gasteiger partial charge in [-0.2, -0.15) is 0 Å². The lowest BCUT2D eigenvalue weighted by molar-refractivity contribution is -0.137. The molecule has 1 amide bonds. The lowest BCUT2D eigenvalue weighted by Crippen LogP contribution is -2.41. The lowest BCUT2D eigenvalue weighted by atomic mass is 10.0. The summed E-state index contributed by atoms with van der Waals surface area (Å²) in [5.74, 6) is 0.754. The minimum absolute atomic E-state index is 0.00673. The van der Waals surface area contributed by atoms with Crippen LogP contribution >= 0.6 is 11.3 Å². The molecular weight excluding hydrogens is 430 g/mol. The fourth-order valence-corrected chi connectivity index (χ4v) is 4.49. The molecule has 0 spiro atoms. The summed E-state index contributed by atoms with van der Waals surface area (Å²) < 4.78 is 15.2. The number of piperidine rings is 1. The molecule has 1 fully saturated rings. The molecule has 1 aromatic carbocycles. The van der Waals surface area contributed by atoms with Gasteiger partial charge in [-0.3, -0.25) is 4.79 Å². The molecule has 0 bridgehead atoms. The van der Waals surface area contributed by atoms with Gasteiger partial charge in [-0.25, -0.2) is 14.8 Å². The minimum Gasteiger partial charge on any atom is -0.484 e. The molecule has 9 heteroatoms. The van der Waals surface area contributed by atoms with Crippen molar-refractivity contribution in [2.24, 2.45) is 0 Å². The number of hydrogen-bond acceptors (Lipinski definition) is 8. The number of para-hydroxylation sites is 1. The van der Waals surface area contributed by atoms with E-state index >= 15 is 0 Å². The molecule has 1 aliphatic rings. The third kappa shape index (κ3) is 5.23. The monoisotopic (exact) mass is 453 g/mol. The average Bonchev–Trinajstić information content (AvgIpc) is 3.33. The van der Waals surface area contributed by atoms with E-state index in [4.69, 9.17) is 14.5 Å². The Labute approximate surface area is 189 Å². The van der Waals surface area contributed by atoms with Crippen LogP contribution in [-0.4, -0.2) is 47.2 Å². The first kappa shape index (κ1) is 21.8. The van der Waals surface area contributed by atoms with Gasteiger partial charge in [0.25, 0.3) is 5.91 Å². The van der Waals surface area contributed by atoms with Gasteiger partial charge >= 0.3 is 6.16 Å². The number of pyridine rings is 1. The van der Waals surface area contributed by atoms with Crippen molar-refractivity contribution >= 4 is 23.4 Å². The Morgan fingerprint density at radius 1 is 1.06 bits per heavy atom. The average molecular weight is 454 g/mol. The molecule has 8 nitrogen and oxygen atoms in total. The maximum Gasteiger partial charge on any atom is 0.514 e. The summed E-state index contributed by atoms with van der Waals surface area (Å²) in [5, 5.41) is 2.76. The topological polar surface area (TPSA) is 90.9 Å². The SMILES string of the molecule is COC(=O)Oc1cccc(-c2csc([C@H]3CCCCN3C(=O)COc3ccccc3)n2)n1. The summed E-state index contributed by atoms with van der Waals surface area (Å²) in [6, 6.07) is 14.3. The molecule has 0 unspecified atom stereocenters. The molecule has 1 aliphatic heterocycles. The first-order valence-corrected chi connectivity index (χ1v) is 11.2. The summed E-state index contributed by atoms with van der Waals surface area (Å²) in [5.41, 5.74) is 1.24. The highest BCUT2D eigenvalue weighted by atomic mass is 32.1. The molecule has 1 atom stereocenters. The van der Waals surface area contributed by atoms with Crippen LogP contribution in [0.15, 0.2) is 53.9 Å². The van der Waals surface area contributed by atoms with E-state index in [9.17, 15) is 9.59 Å². The fraction of sp³-hybridized carbons (Fsp3) is 0.304. The minimum atomic E-state index is -0.831. The molecule has 2 aromatic heterocycles. The highest BCUT2D eigenvalue weighted by Crippen LogP contribution is 2.35. The Hall–Kier alpha value is -3.46. The zero-order valence-electron chi connectivity index (χ0n) is 17.6. The molecule has 3 aromatic rings. The van der Waals surface area contributed by atoms with Gasteiger partial charge in [0.15, 0.2) is 6.61 Å². The summed E-state index contributed by atoms with van der Waals surface area (Å²) in [4.78, 5) is 35.2. The van der Waals surface area contributed by atoms with Gasteiger partial charge in [-0.1, -0.05) is 24.3 Å². The Morgan fingerprint density at radius 2 is 1.91 bits per heavy atom. The van der Waals surface area contributed by atoms with Crippen molar-refractivity contribution < 1.29 is 23.8 Å². The van der Waals surface area contributed by atoms with Crippen LogP contribution in [0.1, 0.15) is 30.3 Å². The Bertz CT molecular complexity index is 1070. The summed E-state index contributed by atoms with van der Waals surface area (Å²) in [6.07, 6.45) is 2.01. The highest BCUT2D eigenvalue weighted by molar-refractivity contribution is 7.10. The first-order chi connectivity index (χ1) is 15.6. The van der Waals surface area contributed by atoms with Crippen molar-refractivity contribution in [1.82, 2.24) is 14.9 Å². The van der Waals surface area contributed by atoms with Gasteiger partial charge in [-0.15, -0.1) is 11.3 Å². The molecule has 0 saturated carbocycles. The number of hydrogen-bond donors (Lipinski definition) is 0. The molecular formula is C23H23N3O5S. The second kappa shape index (κ2) is 10.2. The zero-order chi connectivity index (χ0) is 22.3. The lowest BCUT2D eigenvalue weighted by Gasteiger charge is -2.34. The van der Waals surface area contributed by atoms with Gasteiger partial charge in [0, 0.05) is 18.0 Å². The van der Waals surface area contributed by atoms with E-state index in [0.717, 1.165) is 24.3 Å².